The first-order valence-electron chi connectivity index (χ1n) is 6.84. The van der Waals surface area contributed by atoms with E-state index in [4.69, 9.17) is 4.74 Å². The number of carbonyl (C=O) groups is 1. The van der Waals surface area contributed by atoms with Crippen LogP contribution in [0.2, 0.25) is 0 Å². The SMILES string of the molecule is CC(C)c1ccc(CNC(=O)C2COCCN2)cc1.Cl. The fourth-order valence-electron chi connectivity index (χ4n) is 2.07. The Morgan fingerprint density at radius 3 is 2.65 bits per heavy atom. The maximum absolute atomic E-state index is 11.9. The number of morpholine rings is 1. The molecular weight excluding hydrogens is 276 g/mol. The Labute approximate surface area is 126 Å². The number of ether oxygens (including phenoxy) is 1. The van der Waals surface area contributed by atoms with Gasteiger partial charge < -0.3 is 15.4 Å². The maximum atomic E-state index is 11.9. The highest BCUT2D eigenvalue weighted by Gasteiger charge is 2.20. The van der Waals surface area contributed by atoms with Gasteiger partial charge in [-0.2, -0.15) is 0 Å². The van der Waals surface area contributed by atoms with Crippen molar-refractivity contribution in [2.75, 3.05) is 19.8 Å². The molecule has 2 N–H and O–H groups in total. The predicted molar refractivity (Wildman–Crippen MR) is 82.2 cm³/mol. The zero-order valence-corrected chi connectivity index (χ0v) is 12.8. The number of nitrogens with one attached hydrogen (secondary N) is 2. The Morgan fingerprint density at radius 1 is 1.40 bits per heavy atom. The summed E-state index contributed by atoms with van der Waals surface area (Å²) >= 11 is 0. The van der Waals surface area contributed by atoms with Gasteiger partial charge in [0.05, 0.1) is 13.2 Å². The molecule has 0 spiro atoms. The van der Waals surface area contributed by atoms with Crippen molar-refractivity contribution >= 4 is 18.3 Å². The monoisotopic (exact) mass is 298 g/mol. The third-order valence-electron chi connectivity index (χ3n) is 3.35. The number of hydrogen-bond donors (Lipinski definition) is 2. The van der Waals surface area contributed by atoms with Gasteiger partial charge in [0, 0.05) is 13.1 Å². The van der Waals surface area contributed by atoms with E-state index >= 15 is 0 Å². The molecule has 0 aromatic heterocycles. The Balaban J connectivity index is 0.00000200. The van der Waals surface area contributed by atoms with Crippen molar-refractivity contribution in [2.45, 2.75) is 32.4 Å². The van der Waals surface area contributed by atoms with Gasteiger partial charge in [-0.05, 0) is 17.0 Å². The molecule has 1 aliphatic rings. The standard InChI is InChI=1S/C15H22N2O2.ClH/c1-11(2)13-5-3-12(4-6-13)9-17-15(18)14-10-19-8-7-16-14;/h3-6,11,14,16H,7-10H2,1-2H3,(H,17,18);1H. The normalized spacial score (nSPS) is 18.4. The summed E-state index contributed by atoms with van der Waals surface area (Å²) in [6.45, 7) is 6.78. The van der Waals surface area contributed by atoms with Gasteiger partial charge in [0.25, 0.3) is 0 Å². The molecule has 1 amide bonds. The van der Waals surface area contributed by atoms with Crippen molar-refractivity contribution in [3.05, 3.63) is 35.4 Å². The maximum Gasteiger partial charge on any atom is 0.239 e. The number of carbonyl (C=O) groups excluding carboxylic acids is 1. The summed E-state index contributed by atoms with van der Waals surface area (Å²) in [5, 5.41) is 6.08. The van der Waals surface area contributed by atoms with Crippen LogP contribution in [-0.4, -0.2) is 31.7 Å². The summed E-state index contributed by atoms with van der Waals surface area (Å²) in [7, 11) is 0. The van der Waals surface area contributed by atoms with Crippen molar-refractivity contribution in [1.82, 2.24) is 10.6 Å². The van der Waals surface area contributed by atoms with Crippen LogP contribution in [0, 0.1) is 0 Å². The highest BCUT2D eigenvalue weighted by Crippen LogP contribution is 2.14. The van der Waals surface area contributed by atoms with Crippen LogP contribution in [0.25, 0.3) is 0 Å². The minimum absolute atomic E-state index is 0. The summed E-state index contributed by atoms with van der Waals surface area (Å²) in [5.74, 6) is 0.542. The van der Waals surface area contributed by atoms with Gasteiger partial charge in [-0.25, -0.2) is 0 Å². The summed E-state index contributed by atoms with van der Waals surface area (Å²) in [6, 6.07) is 8.16. The summed E-state index contributed by atoms with van der Waals surface area (Å²) in [5.41, 5.74) is 2.44. The van der Waals surface area contributed by atoms with E-state index in [1.165, 1.54) is 5.56 Å². The number of hydrogen-bond acceptors (Lipinski definition) is 3. The van der Waals surface area contributed by atoms with E-state index in [9.17, 15) is 4.79 Å². The lowest BCUT2D eigenvalue weighted by atomic mass is 10.0. The number of halogens is 1. The largest absolute Gasteiger partial charge is 0.378 e. The van der Waals surface area contributed by atoms with Crippen LogP contribution in [0.4, 0.5) is 0 Å². The van der Waals surface area contributed by atoms with E-state index in [-0.39, 0.29) is 24.4 Å². The predicted octanol–water partition coefficient (Wildman–Crippen LogP) is 1.84. The smallest absolute Gasteiger partial charge is 0.239 e. The molecule has 4 nitrogen and oxygen atoms in total. The van der Waals surface area contributed by atoms with Gasteiger partial charge >= 0.3 is 0 Å². The van der Waals surface area contributed by atoms with E-state index in [0.717, 1.165) is 12.1 Å². The van der Waals surface area contributed by atoms with E-state index in [0.29, 0.717) is 25.7 Å². The molecule has 1 fully saturated rings. The number of amides is 1. The van der Waals surface area contributed by atoms with Crippen molar-refractivity contribution in [2.24, 2.45) is 0 Å². The fourth-order valence-corrected chi connectivity index (χ4v) is 2.07. The van der Waals surface area contributed by atoms with Crippen LogP contribution in [-0.2, 0) is 16.1 Å². The lowest BCUT2D eigenvalue weighted by Crippen LogP contribution is -2.51. The van der Waals surface area contributed by atoms with Crippen molar-refractivity contribution in [3.63, 3.8) is 0 Å². The average Bonchev–Trinajstić information content (AvgIpc) is 2.46. The third kappa shape index (κ3) is 4.78. The molecule has 1 aliphatic heterocycles. The molecule has 0 saturated carbocycles. The van der Waals surface area contributed by atoms with Crippen LogP contribution in [0.15, 0.2) is 24.3 Å². The average molecular weight is 299 g/mol. The van der Waals surface area contributed by atoms with Gasteiger partial charge in [0.2, 0.25) is 5.91 Å². The molecule has 112 valence electrons. The number of benzene rings is 1. The third-order valence-corrected chi connectivity index (χ3v) is 3.35. The van der Waals surface area contributed by atoms with Gasteiger partial charge in [-0.3, -0.25) is 4.79 Å². The van der Waals surface area contributed by atoms with Gasteiger partial charge in [-0.15, -0.1) is 12.4 Å². The molecule has 1 heterocycles. The highest BCUT2D eigenvalue weighted by molar-refractivity contribution is 5.85. The van der Waals surface area contributed by atoms with Gasteiger partial charge in [-0.1, -0.05) is 38.1 Å². The van der Waals surface area contributed by atoms with Crippen LogP contribution in [0.1, 0.15) is 30.9 Å². The minimum atomic E-state index is -0.219. The lowest BCUT2D eigenvalue weighted by Gasteiger charge is -2.22. The molecule has 1 atom stereocenters. The molecule has 0 radical (unpaired) electrons. The molecule has 1 saturated heterocycles. The minimum Gasteiger partial charge on any atom is -0.378 e. The van der Waals surface area contributed by atoms with Crippen LogP contribution in [0.3, 0.4) is 0 Å². The number of rotatable bonds is 4. The molecule has 0 aliphatic carbocycles. The van der Waals surface area contributed by atoms with E-state index in [1.54, 1.807) is 0 Å². The molecule has 0 bridgehead atoms. The first kappa shape index (κ1) is 17.0. The highest BCUT2D eigenvalue weighted by atomic mass is 35.5. The Hall–Kier alpha value is -1.10. The second-order valence-electron chi connectivity index (χ2n) is 5.20. The van der Waals surface area contributed by atoms with Gasteiger partial charge in [0.1, 0.15) is 6.04 Å². The molecular formula is C15H23ClN2O2. The van der Waals surface area contributed by atoms with E-state index < -0.39 is 0 Å². The van der Waals surface area contributed by atoms with Crippen molar-refractivity contribution in [1.29, 1.82) is 0 Å². The molecule has 1 aromatic carbocycles. The fraction of sp³-hybridized carbons (Fsp3) is 0.533. The van der Waals surface area contributed by atoms with Crippen molar-refractivity contribution < 1.29 is 9.53 Å². The van der Waals surface area contributed by atoms with Gasteiger partial charge in [0.15, 0.2) is 0 Å². The lowest BCUT2D eigenvalue weighted by molar-refractivity contribution is -0.126. The Kier molecular flexibility index (Phi) is 6.99. The zero-order chi connectivity index (χ0) is 13.7. The molecule has 20 heavy (non-hydrogen) atoms. The van der Waals surface area contributed by atoms with E-state index in [1.807, 2.05) is 0 Å². The second kappa shape index (κ2) is 8.25. The first-order valence-corrected chi connectivity index (χ1v) is 6.84. The van der Waals surface area contributed by atoms with Crippen LogP contribution >= 0.6 is 12.4 Å². The Morgan fingerprint density at radius 2 is 2.10 bits per heavy atom. The first-order chi connectivity index (χ1) is 9.16. The second-order valence-corrected chi connectivity index (χ2v) is 5.20. The van der Waals surface area contributed by atoms with E-state index in [2.05, 4.69) is 48.7 Å². The molecule has 1 unspecified atom stereocenters. The quantitative estimate of drug-likeness (QED) is 0.892. The summed E-state index contributed by atoms with van der Waals surface area (Å²) in [6.07, 6.45) is 0. The Bertz CT molecular complexity index is 414. The zero-order valence-electron chi connectivity index (χ0n) is 12.0. The summed E-state index contributed by atoms with van der Waals surface area (Å²) in [4.78, 5) is 11.9. The van der Waals surface area contributed by atoms with Crippen LogP contribution < -0.4 is 10.6 Å². The van der Waals surface area contributed by atoms with Crippen LogP contribution in [0.5, 0.6) is 0 Å². The molecule has 2 rings (SSSR count). The summed E-state index contributed by atoms with van der Waals surface area (Å²) < 4.78 is 5.27. The van der Waals surface area contributed by atoms with Crippen molar-refractivity contribution in [3.8, 4) is 0 Å². The topological polar surface area (TPSA) is 50.4 Å². The molecule has 5 heteroatoms. The molecule has 1 aromatic rings.